The molecule has 7 heteroatoms. The zero-order valence-corrected chi connectivity index (χ0v) is 13.5. The number of nitrogens with zero attached hydrogens (tertiary/aromatic N) is 2. The van der Waals surface area contributed by atoms with Crippen LogP contribution in [-0.2, 0) is 14.2 Å². The van der Waals surface area contributed by atoms with Crippen LogP contribution in [-0.4, -0.2) is 113 Å². The van der Waals surface area contributed by atoms with Crippen molar-refractivity contribution in [3.05, 3.63) is 0 Å². The quantitative estimate of drug-likeness (QED) is 0.350. The van der Waals surface area contributed by atoms with Crippen molar-refractivity contribution in [2.75, 3.05) is 93.1 Å². The fourth-order valence-electron chi connectivity index (χ4n) is 1.54. The molecule has 0 aromatic carbocycles. The van der Waals surface area contributed by atoms with Crippen molar-refractivity contribution in [2.24, 2.45) is 0 Å². The van der Waals surface area contributed by atoms with Gasteiger partial charge in [0.2, 0.25) is 0 Å². The van der Waals surface area contributed by atoms with Gasteiger partial charge in [-0.15, -0.1) is 0 Å². The van der Waals surface area contributed by atoms with E-state index < -0.39 is 0 Å². The summed E-state index contributed by atoms with van der Waals surface area (Å²) in [5, 5.41) is 17.2. The summed E-state index contributed by atoms with van der Waals surface area (Å²) in [6.45, 7) is 7.03. The van der Waals surface area contributed by atoms with E-state index >= 15 is 0 Å². The average molecular weight is 308 g/mol. The first-order valence-electron chi connectivity index (χ1n) is 7.52. The average Bonchev–Trinajstić information content (AvgIpc) is 2.48. The molecule has 0 atom stereocenters. The van der Waals surface area contributed by atoms with Gasteiger partial charge in [0.15, 0.2) is 0 Å². The van der Waals surface area contributed by atoms with Crippen molar-refractivity contribution < 1.29 is 24.4 Å². The molecule has 0 amide bonds. The zero-order valence-electron chi connectivity index (χ0n) is 13.5. The minimum atomic E-state index is 0.0748. The summed E-state index contributed by atoms with van der Waals surface area (Å²) in [4.78, 5) is 4.29. The van der Waals surface area contributed by atoms with Crippen molar-refractivity contribution in [3.8, 4) is 0 Å². The highest BCUT2D eigenvalue weighted by Crippen LogP contribution is 1.88. The molecule has 0 fully saturated rings. The standard InChI is InChI=1S/C14H32N2O5/c1-15(5-11-20-13-7-17)3-9-19-10-4-16(2)6-12-21-14-8-18/h17-18H,3-14H2,1-2H3. The minimum absolute atomic E-state index is 0.0748. The van der Waals surface area contributed by atoms with Gasteiger partial charge in [0.05, 0.1) is 52.9 Å². The highest BCUT2D eigenvalue weighted by atomic mass is 16.5. The maximum Gasteiger partial charge on any atom is 0.0698 e. The maximum absolute atomic E-state index is 8.58. The van der Waals surface area contributed by atoms with Crippen molar-refractivity contribution in [3.63, 3.8) is 0 Å². The Hall–Kier alpha value is -0.280. The minimum Gasteiger partial charge on any atom is -0.394 e. The number of likely N-dealkylation sites (N-methyl/N-ethyl adjacent to an activating group) is 2. The highest BCUT2D eigenvalue weighted by molar-refractivity contribution is 4.52. The maximum atomic E-state index is 8.58. The van der Waals surface area contributed by atoms with Crippen LogP contribution in [0.15, 0.2) is 0 Å². The third-order valence-corrected chi connectivity index (χ3v) is 2.94. The Morgan fingerprint density at radius 1 is 0.571 bits per heavy atom. The zero-order chi connectivity index (χ0) is 15.8. The number of hydrogen-bond donors (Lipinski definition) is 2. The molecule has 0 rings (SSSR count). The molecule has 0 heterocycles. The Morgan fingerprint density at radius 3 is 1.14 bits per heavy atom. The topological polar surface area (TPSA) is 74.6 Å². The van der Waals surface area contributed by atoms with Crippen LogP contribution < -0.4 is 0 Å². The molecule has 0 spiro atoms. The summed E-state index contributed by atoms with van der Waals surface area (Å²) in [7, 11) is 4.05. The van der Waals surface area contributed by atoms with E-state index in [1.165, 1.54) is 0 Å². The molecule has 0 unspecified atom stereocenters. The van der Waals surface area contributed by atoms with Crippen LogP contribution in [0.4, 0.5) is 0 Å². The third kappa shape index (κ3) is 15.9. The molecule has 0 saturated carbocycles. The monoisotopic (exact) mass is 308 g/mol. The second-order valence-corrected chi connectivity index (χ2v) is 4.89. The molecule has 0 saturated heterocycles. The second-order valence-electron chi connectivity index (χ2n) is 4.89. The number of rotatable bonds is 16. The summed E-state index contributed by atoms with van der Waals surface area (Å²) in [5.74, 6) is 0. The van der Waals surface area contributed by atoms with E-state index in [-0.39, 0.29) is 13.2 Å². The Labute approximate surface area is 128 Å². The van der Waals surface area contributed by atoms with E-state index in [9.17, 15) is 0 Å². The smallest absolute Gasteiger partial charge is 0.0698 e. The summed E-state index contributed by atoms with van der Waals surface area (Å²) in [5.41, 5.74) is 0. The van der Waals surface area contributed by atoms with Gasteiger partial charge in [-0.1, -0.05) is 0 Å². The van der Waals surface area contributed by atoms with Crippen molar-refractivity contribution in [2.45, 2.75) is 0 Å². The summed E-state index contributed by atoms with van der Waals surface area (Å²) >= 11 is 0. The van der Waals surface area contributed by atoms with Crippen LogP contribution in [0.5, 0.6) is 0 Å². The predicted molar refractivity (Wildman–Crippen MR) is 81.6 cm³/mol. The van der Waals surface area contributed by atoms with E-state index in [1.54, 1.807) is 0 Å². The Bertz CT molecular complexity index is 190. The van der Waals surface area contributed by atoms with Crippen LogP contribution in [0.1, 0.15) is 0 Å². The van der Waals surface area contributed by atoms with E-state index in [4.69, 9.17) is 24.4 Å². The fourth-order valence-corrected chi connectivity index (χ4v) is 1.54. The number of aliphatic hydroxyl groups excluding tert-OH is 2. The summed E-state index contributed by atoms with van der Waals surface area (Å²) in [6, 6.07) is 0. The molecule has 0 aromatic heterocycles. The molecule has 0 radical (unpaired) electrons. The van der Waals surface area contributed by atoms with E-state index in [0.717, 1.165) is 26.2 Å². The molecule has 2 N–H and O–H groups in total. The first kappa shape index (κ1) is 20.7. The van der Waals surface area contributed by atoms with Gasteiger partial charge >= 0.3 is 0 Å². The summed E-state index contributed by atoms with van der Waals surface area (Å²) < 4.78 is 16.0. The SMILES string of the molecule is CN(CCOCCO)CCOCCN(C)CCOCCO. The van der Waals surface area contributed by atoms with Gasteiger partial charge in [-0.05, 0) is 14.1 Å². The molecule has 0 aromatic rings. The lowest BCUT2D eigenvalue weighted by molar-refractivity contribution is 0.0550. The molecular weight excluding hydrogens is 276 g/mol. The molecule has 0 aliphatic rings. The van der Waals surface area contributed by atoms with Gasteiger partial charge in [-0.25, -0.2) is 0 Å². The Morgan fingerprint density at radius 2 is 0.857 bits per heavy atom. The van der Waals surface area contributed by atoms with Crippen molar-refractivity contribution in [1.29, 1.82) is 0 Å². The van der Waals surface area contributed by atoms with Crippen LogP contribution in [0, 0.1) is 0 Å². The second kappa shape index (κ2) is 16.1. The van der Waals surface area contributed by atoms with Crippen LogP contribution in [0.25, 0.3) is 0 Å². The molecule has 0 aliphatic carbocycles. The lowest BCUT2D eigenvalue weighted by Gasteiger charge is -2.18. The van der Waals surface area contributed by atoms with Gasteiger partial charge in [0.25, 0.3) is 0 Å². The normalized spacial score (nSPS) is 11.7. The molecule has 0 aliphatic heterocycles. The molecule has 7 nitrogen and oxygen atoms in total. The van der Waals surface area contributed by atoms with Crippen LogP contribution in [0.3, 0.4) is 0 Å². The van der Waals surface area contributed by atoms with E-state index in [2.05, 4.69) is 9.80 Å². The number of hydrogen-bond acceptors (Lipinski definition) is 7. The molecule has 21 heavy (non-hydrogen) atoms. The van der Waals surface area contributed by atoms with Gasteiger partial charge in [0, 0.05) is 26.2 Å². The molecule has 128 valence electrons. The Balaban J connectivity index is 3.26. The fraction of sp³-hybridized carbons (Fsp3) is 1.00. The third-order valence-electron chi connectivity index (χ3n) is 2.94. The van der Waals surface area contributed by atoms with Crippen molar-refractivity contribution >= 4 is 0 Å². The largest absolute Gasteiger partial charge is 0.394 e. The van der Waals surface area contributed by atoms with E-state index in [1.807, 2.05) is 14.1 Å². The lowest BCUT2D eigenvalue weighted by atomic mass is 10.5. The first-order valence-corrected chi connectivity index (χ1v) is 7.52. The number of aliphatic hydroxyl groups is 2. The van der Waals surface area contributed by atoms with E-state index in [0.29, 0.717) is 39.6 Å². The Kier molecular flexibility index (Phi) is 15.9. The lowest BCUT2D eigenvalue weighted by Crippen LogP contribution is -2.30. The van der Waals surface area contributed by atoms with Crippen LogP contribution in [0.2, 0.25) is 0 Å². The van der Waals surface area contributed by atoms with Crippen LogP contribution >= 0.6 is 0 Å². The number of ether oxygens (including phenoxy) is 3. The molecular formula is C14H32N2O5. The van der Waals surface area contributed by atoms with Gasteiger partial charge in [0.1, 0.15) is 0 Å². The highest BCUT2D eigenvalue weighted by Gasteiger charge is 2.00. The molecule has 0 bridgehead atoms. The predicted octanol–water partition coefficient (Wildman–Crippen LogP) is -1.12. The van der Waals surface area contributed by atoms with Gasteiger partial charge in [-0.2, -0.15) is 0 Å². The van der Waals surface area contributed by atoms with Crippen molar-refractivity contribution in [1.82, 2.24) is 9.80 Å². The summed E-state index contributed by atoms with van der Waals surface area (Å²) in [6.07, 6.45) is 0. The van der Waals surface area contributed by atoms with Gasteiger partial charge in [-0.3, -0.25) is 0 Å². The van der Waals surface area contributed by atoms with Gasteiger partial charge < -0.3 is 34.2 Å². The first-order chi connectivity index (χ1) is 10.2.